The molecule has 1 unspecified atom stereocenters. The number of carbonyl (C=O) groups is 2. The van der Waals surface area contributed by atoms with Gasteiger partial charge in [0.1, 0.15) is 0 Å². The summed E-state index contributed by atoms with van der Waals surface area (Å²) in [5.74, 6) is -1.27. The second kappa shape index (κ2) is 5.77. The second-order valence-electron chi connectivity index (χ2n) is 4.72. The number of aryl methyl sites for hydroxylation is 1. The van der Waals surface area contributed by atoms with E-state index in [9.17, 15) is 9.59 Å². The molecule has 1 fully saturated rings. The fourth-order valence-electron chi connectivity index (χ4n) is 2.16. The Bertz CT molecular complexity index is 498. The zero-order valence-corrected chi connectivity index (χ0v) is 12.7. The molecule has 6 heteroatoms. The predicted octanol–water partition coefficient (Wildman–Crippen LogP) is 2.54. The van der Waals surface area contributed by atoms with Gasteiger partial charge in [0.25, 0.3) is 0 Å². The fraction of sp³-hybridized carbons (Fsp3) is 0.385. The van der Waals surface area contributed by atoms with Crippen LogP contribution in [0.4, 0.5) is 10.5 Å². The van der Waals surface area contributed by atoms with Crippen molar-refractivity contribution in [1.82, 2.24) is 4.90 Å². The van der Waals surface area contributed by atoms with Crippen molar-refractivity contribution >= 4 is 40.3 Å². The monoisotopic (exact) mass is 374 g/mol. The quantitative estimate of drug-likeness (QED) is 0.782. The van der Waals surface area contributed by atoms with Gasteiger partial charge < -0.3 is 15.3 Å². The van der Waals surface area contributed by atoms with Gasteiger partial charge in [-0.05, 0) is 59.7 Å². The Balaban J connectivity index is 2.00. The summed E-state index contributed by atoms with van der Waals surface area (Å²) in [5.41, 5.74) is 1.82. The number of nitrogens with one attached hydrogen (secondary N) is 1. The molecule has 0 spiro atoms. The lowest BCUT2D eigenvalue weighted by atomic mass is 10.1. The number of urea groups is 1. The summed E-state index contributed by atoms with van der Waals surface area (Å²) in [6.45, 7) is 2.74. The first-order valence-corrected chi connectivity index (χ1v) is 7.09. The molecular formula is C13H15IN2O3. The first kappa shape index (κ1) is 14.1. The van der Waals surface area contributed by atoms with Crippen LogP contribution in [0.15, 0.2) is 18.2 Å². The average molecular weight is 374 g/mol. The van der Waals surface area contributed by atoms with Crippen LogP contribution in [0.2, 0.25) is 0 Å². The molecule has 1 aromatic carbocycles. The molecule has 0 aromatic heterocycles. The Labute approximate surface area is 125 Å². The SMILES string of the molecule is Cc1cc(I)cc(NC(=O)N2CCC(C(=O)O)C2)c1. The lowest BCUT2D eigenvalue weighted by Crippen LogP contribution is -2.33. The van der Waals surface area contributed by atoms with Crippen molar-refractivity contribution in [3.8, 4) is 0 Å². The van der Waals surface area contributed by atoms with Crippen LogP contribution in [0.3, 0.4) is 0 Å². The highest BCUT2D eigenvalue weighted by atomic mass is 127. The van der Waals surface area contributed by atoms with Crippen LogP contribution in [0.25, 0.3) is 0 Å². The van der Waals surface area contributed by atoms with Crippen LogP contribution in [-0.4, -0.2) is 35.1 Å². The van der Waals surface area contributed by atoms with E-state index >= 15 is 0 Å². The Morgan fingerprint density at radius 3 is 2.74 bits per heavy atom. The van der Waals surface area contributed by atoms with E-state index in [1.807, 2.05) is 25.1 Å². The van der Waals surface area contributed by atoms with Crippen molar-refractivity contribution in [3.05, 3.63) is 27.3 Å². The molecule has 19 heavy (non-hydrogen) atoms. The molecule has 1 saturated heterocycles. The largest absolute Gasteiger partial charge is 0.481 e. The van der Waals surface area contributed by atoms with Gasteiger partial charge in [0.05, 0.1) is 5.92 Å². The zero-order chi connectivity index (χ0) is 14.0. The Hall–Kier alpha value is -1.31. The highest BCUT2D eigenvalue weighted by Gasteiger charge is 2.30. The number of carbonyl (C=O) groups excluding carboxylic acids is 1. The summed E-state index contributed by atoms with van der Waals surface area (Å²) in [4.78, 5) is 24.4. The molecule has 1 aliphatic heterocycles. The zero-order valence-electron chi connectivity index (χ0n) is 10.5. The topological polar surface area (TPSA) is 69.6 Å². The highest BCUT2D eigenvalue weighted by molar-refractivity contribution is 14.1. The van der Waals surface area contributed by atoms with Crippen LogP contribution < -0.4 is 5.32 Å². The number of carboxylic acids is 1. The van der Waals surface area contributed by atoms with Gasteiger partial charge in [-0.1, -0.05) is 0 Å². The number of benzene rings is 1. The van der Waals surface area contributed by atoms with E-state index in [4.69, 9.17) is 5.11 Å². The van der Waals surface area contributed by atoms with Crippen molar-refractivity contribution in [2.24, 2.45) is 5.92 Å². The van der Waals surface area contributed by atoms with Gasteiger partial charge in [0, 0.05) is 22.3 Å². The normalized spacial score (nSPS) is 18.4. The number of nitrogens with zero attached hydrogens (tertiary/aromatic N) is 1. The van der Waals surface area contributed by atoms with E-state index in [0.717, 1.165) is 14.8 Å². The lowest BCUT2D eigenvalue weighted by molar-refractivity contribution is -0.141. The average Bonchev–Trinajstić information content (AvgIpc) is 2.76. The summed E-state index contributed by atoms with van der Waals surface area (Å²) in [5, 5.41) is 11.7. The van der Waals surface area contributed by atoms with Crippen LogP contribution in [0.1, 0.15) is 12.0 Å². The smallest absolute Gasteiger partial charge is 0.321 e. The molecule has 1 atom stereocenters. The first-order valence-electron chi connectivity index (χ1n) is 6.01. The summed E-state index contributed by atoms with van der Waals surface area (Å²) < 4.78 is 1.05. The predicted molar refractivity (Wildman–Crippen MR) is 80.2 cm³/mol. The number of carboxylic acid groups (broad SMARTS) is 1. The molecule has 1 heterocycles. The van der Waals surface area contributed by atoms with Gasteiger partial charge in [0.2, 0.25) is 0 Å². The minimum Gasteiger partial charge on any atom is -0.481 e. The maximum Gasteiger partial charge on any atom is 0.321 e. The van der Waals surface area contributed by atoms with E-state index in [-0.39, 0.29) is 12.6 Å². The van der Waals surface area contributed by atoms with Crippen LogP contribution in [-0.2, 0) is 4.79 Å². The number of likely N-dealkylation sites (tertiary alicyclic amines) is 1. The molecule has 0 bridgehead atoms. The van der Waals surface area contributed by atoms with E-state index < -0.39 is 11.9 Å². The van der Waals surface area contributed by atoms with Crippen LogP contribution in [0.5, 0.6) is 0 Å². The number of anilines is 1. The molecule has 102 valence electrons. The Morgan fingerprint density at radius 1 is 1.42 bits per heavy atom. The van der Waals surface area contributed by atoms with Crippen molar-refractivity contribution in [2.45, 2.75) is 13.3 Å². The minimum absolute atomic E-state index is 0.231. The van der Waals surface area contributed by atoms with Gasteiger partial charge in [-0.3, -0.25) is 4.79 Å². The molecule has 1 aliphatic rings. The first-order chi connectivity index (χ1) is 8.95. The molecule has 5 nitrogen and oxygen atoms in total. The number of amides is 2. The summed E-state index contributed by atoms with van der Waals surface area (Å²) in [6.07, 6.45) is 0.522. The van der Waals surface area contributed by atoms with Gasteiger partial charge in [-0.25, -0.2) is 4.79 Å². The Kier molecular flexibility index (Phi) is 4.28. The van der Waals surface area contributed by atoms with Crippen molar-refractivity contribution in [2.75, 3.05) is 18.4 Å². The minimum atomic E-state index is -0.833. The fourth-order valence-corrected chi connectivity index (χ4v) is 2.98. The summed E-state index contributed by atoms with van der Waals surface area (Å²) in [6, 6.07) is 5.57. The number of hydrogen-bond acceptors (Lipinski definition) is 2. The number of aliphatic carboxylic acids is 1. The lowest BCUT2D eigenvalue weighted by Gasteiger charge is -2.17. The van der Waals surface area contributed by atoms with E-state index in [1.165, 1.54) is 0 Å². The van der Waals surface area contributed by atoms with Gasteiger partial charge in [-0.15, -0.1) is 0 Å². The molecule has 2 rings (SSSR count). The third-order valence-corrected chi connectivity index (χ3v) is 3.74. The molecular weight excluding hydrogens is 359 g/mol. The number of hydrogen-bond donors (Lipinski definition) is 2. The van der Waals surface area contributed by atoms with E-state index in [2.05, 4.69) is 27.9 Å². The molecule has 0 aliphatic carbocycles. The third kappa shape index (κ3) is 3.59. The van der Waals surface area contributed by atoms with Crippen molar-refractivity contribution in [1.29, 1.82) is 0 Å². The van der Waals surface area contributed by atoms with Crippen molar-refractivity contribution in [3.63, 3.8) is 0 Å². The molecule has 0 radical (unpaired) electrons. The van der Waals surface area contributed by atoms with Crippen LogP contribution >= 0.6 is 22.6 Å². The maximum atomic E-state index is 12.0. The van der Waals surface area contributed by atoms with Gasteiger partial charge in [-0.2, -0.15) is 0 Å². The third-order valence-electron chi connectivity index (χ3n) is 3.12. The van der Waals surface area contributed by atoms with Crippen molar-refractivity contribution < 1.29 is 14.7 Å². The van der Waals surface area contributed by atoms with Crippen LogP contribution in [0, 0.1) is 16.4 Å². The maximum absolute atomic E-state index is 12.0. The number of halogens is 1. The second-order valence-corrected chi connectivity index (χ2v) is 5.96. The Morgan fingerprint density at radius 2 is 2.16 bits per heavy atom. The van der Waals surface area contributed by atoms with Gasteiger partial charge >= 0.3 is 12.0 Å². The summed E-state index contributed by atoms with van der Waals surface area (Å²) in [7, 11) is 0. The standard InChI is InChI=1S/C13H15IN2O3/c1-8-4-10(14)6-11(5-8)15-13(19)16-3-2-9(7-16)12(17)18/h4-6,9H,2-3,7H2,1H3,(H,15,19)(H,17,18). The number of rotatable bonds is 2. The molecule has 2 N–H and O–H groups in total. The van der Waals surface area contributed by atoms with E-state index in [1.54, 1.807) is 4.90 Å². The molecule has 0 saturated carbocycles. The molecule has 2 amide bonds. The molecule has 1 aromatic rings. The summed E-state index contributed by atoms with van der Waals surface area (Å²) >= 11 is 2.20. The highest BCUT2D eigenvalue weighted by Crippen LogP contribution is 2.20. The van der Waals surface area contributed by atoms with Gasteiger partial charge in [0.15, 0.2) is 0 Å². The van der Waals surface area contributed by atoms with E-state index in [0.29, 0.717) is 13.0 Å².